The second-order valence-electron chi connectivity index (χ2n) is 5.58. The van der Waals surface area contributed by atoms with E-state index in [0.717, 1.165) is 25.0 Å². The van der Waals surface area contributed by atoms with E-state index in [9.17, 15) is 13.2 Å². The van der Waals surface area contributed by atoms with Crippen LogP contribution in [0.2, 0.25) is 0 Å². The van der Waals surface area contributed by atoms with Gasteiger partial charge in [-0.15, -0.1) is 11.3 Å². The molecule has 0 aliphatic rings. The number of rotatable bonds is 4. The predicted octanol–water partition coefficient (Wildman–Crippen LogP) is 2.35. The Balaban J connectivity index is 2.86. The Morgan fingerprint density at radius 2 is 2.00 bits per heavy atom. The van der Waals surface area contributed by atoms with Gasteiger partial charge in [-0.25, -0.2) is 8.42 Å². The Kier molecular flexibility index (Phi) is 5.40. The fourth-order valence-corrected chi connectivity index (χ4v) is 5.02. The molecule has 114 valence electrons. The minimum Gasteiger partial charge on any atom is -0.350 e. The van der Waals surface area contributed by atoms with Crippen molar-refractivity contribution in [3.8, 4) is 0 Å². The van der Waals surface area contributed by atoms with Crippen LogP contribution >= 0.6 is 27.3 Å². The number of aryl methyl sites for hydroxylation is 1. The third-order valence-electron chi connectivity index (χ3n) is 2.38. The van der Waals surface area contributed by atoms with Crippen molar-refractivity contribution in [1.82, 2.24) is 9.62 Å². The number of nitrogens with zero attached hydrogens (tertiary/aromatic N) is 1. The molecule has 0 radical (unpaired) electrons. The molecule has 1 aromatic rings. The van der Waals surface area contributed by atoms with Crippen LogP contribution in [0.25, 0.3) is 0 Å². The molecule has 1 aromatic heterocycles. The summed E-state index contributed by atoms with van der Waals surface area (Å²) in [4.78, 5) is 11.8. The van der Waals surface area contributed by atoms with E-state index >= 15 is 0 Å². The molecule has 0 saturated carbocycles. The topological polar surface area (TPSA) is 66.5 Å². The number of likely N-dealkylation sites (N-methyl/N-ethyl adjacent to an activating group) is 1. The van der Waals surface area contributed by atoms with Crippen LogP contribution in [0.3, 0.4) is 0 Å². The summed E-state index contributed by atoms with van der Waals surface area (Å²) in [5.74, 6) is -0.323. The molecule has 0 spiro atoms. The van der Waals surface area contributed by atoms with E-state index in [0.29, 0.717) is 0 Å². The van der Waals surface area contributed by atoms with Gasteiger partial charge in [-0.1, -0.05) is 0 Å². The van der Waals surface area contributed by atoms with Crippen molar-refractivity contribution >= 4 is 43.2 Å². The van der Waals surface area contributed by atoms with Gasteiger partial charge in [0.15, 0.2) is 0 Å². The minimum absolute atomic E-state index is 0.200. The summed E-state index contributed by atoms with van der Waals surface area (Å²) in [6.07, 6.45) is 0. The summed E-state index contributed by atoms with van der Waals surface area (Å²) in [7, 11) is -2.23. The van der Waals surface area contributed by atoms with E-state index in [4.69, 9.17) is 0 Å². The maximum absolute atomic E-state index is 12.3. The number of hydrogen-bond donors (Lipinski definition) is 1. The van der Waals surface area contributed by atoms with Gasteiger partial charge in [-0.2, -0.15) is 4.31 Å². The van der Waals surface area contributed by atoms with Crippen molar-refractivity contribution < 1.29 is 13.2 Å². The van der Waals surface area contributed by atoms with Crippen molar-refractivity contribution in [2.24, 2.45) is 0 Å². The monoisotopic (exact) mass is 382 g/mol. The zero-order valence-electron chi connectivity index (χ0n) is 12.2. The Hall–Kier alpha value is -0.440. The zero-order valence-corrected chi connectivity index (χ0v) is 15.4. The van der Waals surface area contributed by atoms with Crippen LogP contribution in [0.1, 0.15) is 26.3 Å². The summed E-state index contributed by atoms with van der Waals surface area (Å²) in [6, 6.07) is 1.60. The summed E-state index contributed by atoms with van der Waals surface area (Å²) >= 11 is 4.45. The zero-order chi connectivity index (χ0) is 15.7. The number of carbonyl (C=O) groups excluding carboxylic acids is 1. The second-order valence-corrected chi connectivity index (χ2v) is 10.2. The van der Waals surface area contributed by atoms with Crippen molar-refractivity contribution in [3.63, 3.8) is 0 Å². The Labute approximate surface area is 132 Å². The lowest BCUT2D eigenvalue weighted by atomic mass is 10.1. The van der Waals surface area contributed by atoms with Crippen molar-refractivity contribution in [2.45, 2.75) is 37.4 Å². The molecule has 0 fully saturated rings. The molecule has 0 bridgehead atoms. The normalized spacial score (nSPS) is 12.8. The lowest BCUT2D eigenvalue weighted by Crippen LogP contribution is -2.46. The number of halogens is 1. The number of carbonyl (C=O) groups is 1. The molecular formula is C12H19BrN2O3S2. The Morgan fingerprint density at radius 3 is 2.40 bits per heavy atom. The van der Waals surface area contributed by atoms with Crippen LogP contribution in [-0.2, 0) is 14.8 Å². The highest BCUT2D eigenvalue weighted by atomic mass is 79.9. The van der Waals surface area contributed by atoms with E-state index in [2.05, 4.69) is 21.2 Å². The Bertz CT molecular complexity index is 583. The first kappa shape index (κ1) is 17.6. The second kappa shape index (κ2) is 6.13. The highest BCUT2D eigenvalue weighted by molar-refractivity contribution is 9.11. The quantitative estimate of drug-likeness (QED) is 0.868. The Morgan fingerprint density at radius 1 is 1.45 bits per heavy atom. The largest absolute Gasteiger partial charge is 0.350 e. The number of hydrogen-bond acceptors (Lipinski definition) is 4. The first-order valence-corrected chi connectivity index (χ1v) is 9.02. The van der Waals surface area contributed by atoms with Crippen LogP contribution in [0.15, 0.2) is 14.1 Å². The molecule has 1 amide bonds. The van der Waals surface area contributed by atoms with Gasteiger partial charge in [0.1, 0.15) is 4.21 Å². The first-order chi connectivity index (χ1) is 8.93. The van der Waals surface area contributed by atoms with Crippen LogP contribution in [0, 0.1) is 6.92 Å². The van der Waals surface area contributed by atoms with Gasteiger partial charge in [0, 0.05) is 12.6 Å². The van der Waals surface area contributed by atoms with Crippen LogP contribution < -0.4 is 5.32 Å². The summed E-state index contributed by atoms with van der Waals surface area (Å²) in [5.41, 5.74) is 0.477. The summed E-state index contributed by atoms with van der Waals surface area (Å²) in [6.45, 7) is 7.16. The van der Waals surface area contributed by atoms with Gasteiger partial charge in [0.2, 0.25) is 5.91 Å². The molecule has 0 aliphatic heterocycles. The van der Waals surface area contributed by atoms with Gasteiger partial charge in [0.05, 0.1) is 10.3 Å². The van der Waals surface area contributed by atoms with Gasteiger partial charge in [-0.05, 0) is 55.3 Å². The summed E-state index contributed by atoms with van der Waals surface area (Å²) < 4.78 is 26.7. The van der Waals surface area contributed by atoms with E-state index in [-0.39, 0.29) is 22.2 Å². The standard InChI is InChI=1S/C12H19BrN2O3S2/c1-8-6-10(19-11(8)13)20(17,18)15(5)7-9(16)14-12(2,3)4/h6H,7H2,1-5H3,(H,14,16). The van der Waals surface area contributed by atoms with E-state index in [1.54, 1.807) is 6.07 Å². The molecule has 1 N–H and O–H groups in total. The number of amides is 1. The van der Waals surface area contributed by atoms with E-state index in [1.807, 2.05) is 27.7 Å². The van der Waals surface area contributed by atoms with Crippen LogP contribution in [0.4, 0.5) is 0 Å². The van der Waals surface area contributed by atoms with Gasteiger partial charge >= 0.3 is 0 Å². The molecule has 0 unspecified atom stereocenters. The third kappa shape index (κ3) is 4.54. The van der Waals surface area contributed by atoms with Gasteiger partial charge in [0.25, 0.3) is 10.0 Å². The number of sulfonamides is 1. The predicted molar refractivity (Wildman–Crippen MR) is 84.5 cm³/mol. The van der Waals surface area contributed by atoms with Crippen molar-refractivity contribution in [3.05, 3.63) is 15.4 Å². The molecule has 8 heteroatoms. The fourth-order valence-electron chi connectivity index (χ4n) is 1.46. The molecule has 20 heavy (non-hydrogen) atoms. The number of nitrogens with one attached hydrogen (secondary N) is 1. The van der Waals surface area contributed by atoms with Crippen molar-refractivity contribution in [2.75, 3.05) is 13.6 Å². The molecule has 0 atom stereocenters. The smallest absolute Gasteiger partial charge is 0.252 e. The highest BCUT2D eigenvalue weighted by Crippen LogP contribution is 2.31. The SMILES string of the molecule is Cc1cc(S(=O)(=O)N(C)CC(=O)NC(C)(C)C)sc1Br. The van der Waals surface area contributed by atoms with Crippen molar-refractivity contribution in [1.29, 1.82) is 0 Å². The minimum atomic E-state index is -3.63. The summed E-state index contributed by atoms with van der Waals surface area (Å²) in [5, 5.41) is 2.74. The molecule has 0 aromatic carbocycles. The van der Waals surface area contributed by atoms with E-state index in [1.165, 1.54) is 7.05 Å². The maximum atomic E-state index is 12.3. The molecule has 5 nitrogen and oxygen atoms in total. The number of thiophene rings is 1. The van der Waals surface area contributed by atoms with E-state index < -0.39 is 10.0 Å². The maximum Gasteiger partial charge on any atom is 0.252 e. The first-order valence-electron chi connectivity index (χ1n) is 5.97. The molecular weight excluding hydrogens is 364 g/mol. The fraction of sp³-hybridized carbons (Fsp3) is 0.583. The highest BCUT2D eigenvalue weighted by Gasteiger charge is 2.26. The van der Waals surface area contributed by atoms with Crippen LogP contribution in [-0.4, -0.2) is 37.8 Å². The van der Waals surface area contributed by atoms with Crippen LogP contribution in [0.5, 0.6) is 0 Å². The average molecular weight is 383 g/mol. The molecule has 0 aliphatic carbocycles. The average Bonchev–Trinajstić information content (AvgIpc) is 2.56. The third-order valence-corrected chi connectivity index (χ3v) is 6.77. The van der Waals surface area contributed by atoms with Gasteiger partial charge in [-0.3, -0.25) is 4.79 Å². The molecule has 1 heterocycles. The van der Waals surface area contributed by atoms with Gasteiger partial charge < -0.3 is 5.32 Å². The molecule has 0 saturated heterocycles. The lowest BCUT2D eigenvalue weighted by Gasteiger charge is -2.22. The molecule has 1 rings (SSSR count). The lowest BCUT2D eigenvalue weighted by molar-refractivity contribution is -0.122.